The normalized spacial score (nSPS) is 25.6. The third-order valence-electron chi connectivity index (χ3n) is 6.90. The van der Waals surface area contributed by atoms with Gasteiger partial charge in [0.25, 0.3) is 0 Å². The van der Waals surface area contributed by atoms with Crippen molar-refractivity contribution in [2.75, 3.05) is 14.2 Å². The van der Waals surface area contributed by atoms with Gasteiger partial charge in [-0.3, -0.25) is 4.79 Å². The number of thioether (sulfide) groups is 1. The van der Waals surface area contributed by atoms with Gasteiger partial charge in [0.2, 0.25) is 0 Å². The van der Waals surface area contributed by atoms with Gasteiger partial charge < -0.3 is 24.3 Å². The van der Waals surface area contributed by atoms with Crippen molar-refractivity contribution < 1.29 is 33.8 Å². The van der Waals surface area contributed by atoms with Crippen molar-refractivity contribution in [1.29, 1.82) is 0 Å². The lowest BCUT2D eigenvalue weighted by Gasteiger charge is -2.51. The van der Waals surface area contributed by atoms with E-state index in [-0.39, 0.29) is 38.5 Å². The molecule has 0 saturated carbocycles. The van der Waals surface area contributed by atoms with Crippen LogP contribution >= 0.6 is 39.3 Å². The van der Waals surface area contributed by atoms with Crippen LogP contribution in [-0.2, 0) is 30.3 Å². The first-order valence-electron chi connectivity index (χ1n) is 10.2. The standard InChI is InChI=1S/C23H21BrClNO7S/c1-8-15(24)18(28)13-11(16(8)25)6-12-14(20(30)32-4)17(21(31)33-5)26-9(2)10(3)34-22(26)23(12,7-27)19(13)29/h7,12,22,28H,6H2,1-5H3/t12-,22?,23?/m1/s1. The van der Waals surface area contributed by atoms with Gasteiger partial charge in [-0.05, 0) is 54.2 Å². The monoisotopic (exact) mass is 569 g/mol. The molecule has 11 heteroatoms. The van der Waals surface area contributed by atoms with E-state index in [9.17, 15) is 24.3 Å². The van der Waals surface area contributed by atoms with Gasteiger partial charge in [0, 0.05) is 21.5 Å². The SMILES string of the molecule is COC(=O)C1=C(C(=O)OC)N2C(C)=C(C)SC2C2(C=O)C(=O)c3c(O)c(Br)c(C)c(Cl)c3C[C@H]12. The predicted octanol–water partition coefficient (Wildman–Crippen LogP) is 3.90. The third-order valence-corrected chi connectivity index (χ3v) is 9.86. The summed E-state index contributed by atoms with van der Waals surface area (Å²) in [6.07, 6.45) is 0.478. The van der Waals surface area contributed by atoms with E-state index in [4.69, 9.17) is 21.1 Å². The molecule has 180 valence electrons. The molecule has 1 N–H and O–H groups in total. The molecular formula is C23H21BrClNO7S. The highest BCUT2D eigenvalue weighted by Gasteiger charge is 2.66. The van der Waals surface area contributed by atoms with Gasteiger partial charge in [-0.1, -0.05) is 11.6 Å². The van der Waals surface area contributed by atoms with E-state index >= 15 is 0 Å². The number of ether oxygens (including phenoxy) is 2. The highest BCUT2D eigenvalue weighted by atomic mass is 79.9. The van der Waals surface area contributed by atoms with Crippen molar-refractivity contribution in [1.82, 2.24) is 4.90 Å². The Morgan fingerprint density at radius 2 is 1.85 bits per heavy atom. The van der Waals surface area contributed by atoms with E-state index in [1.165, 1.54) is 23.8 Å². The molecule has 8 nitrogen and oxygen atoms in total. The van der Waals surface area contributed by atoms with Gasteiger partial charge in [0.15, 0.2) is 5.78 Å². The van der Waals surface area contributed by atoms with Crippen LogP contribution in [0.4, 0.5) is 0 Å². The molecule has 0 radical (unpaired) electrons. The minimum absolute atomic E-state index is 0.0474. The van der Waals surface area contributed by atoms with Gasteiger partial charge in [0.05, 0.1) is 29.8 Å². The number of esters is 2. The molecule has 1 aliphatic carbocycles. The average molecular weight is 571 g/mol. The topological polar surface area (TPSA) is 110 Å². The lowest BCUT2D eigenvalue weighted by molar-refractivity contribution is -0.143. The summed E-state index contributed by atoms with van der Waals surface area (Å²) in [4.78, 5) is 55.5. The molecule has 2 aliphatic heterocycles. The zero-order valence-electron chi connectivity index (χ0n) is 18.9. The fourth-order valence-corrected chi connectivity index (χ4v) is 7.33. The van der Waals surface area contributed by atoms with Crippen LogP contribution in [0.15, 0.2) is 26.3 Å². The lowest BCUT2D eigenvalue weighted by Crippen LogP contribution is -2.61. The molecule has 2 heterocycles. The maximum Gasteiger partial charge on any atom is 0.355 e. The quantitative estimate of drug-likeness (QED) is 0.329. The van der Waals surface area contributed by atoms with E-state index in [0.717, 1.165) is 12.0 Å². The van der Waals surface area contributed by atoms with Gasteiger partial charge in [0.1, 0.15) is 28.5 Å². The second kappa shape index (κ2) is 8.42. The minimum atomic E-state index is -1.81. The minimum Gasteiger partial charge on any atom is -0.506 e. The number of Topliss-reactive ketones (excluding diaryl/α,β-unsaturated/α-hetero) is 1. The molecular weight excluding hydrogens is 550 g/mol. The number of carbonyl (C=O) groups is 4. The van der Waals surface area contributed by atoms with E-state index in [2.05, 4.69) is 15.9 Å². The summed E-state index contributed by atoms with van der Waals surface area (Å²) in [6, 6.07) is 0. The van der Waals surface area contributed by atoms with Crippen LogP contribution in [0.5, 0.6) is 5.75 Å². The van der Waals surface area contributed by atoms with Crippen LogP contribution in [0.25, 0.3) is 0 Å². The largest absolute Gasteiger partial charge is 0.506 e. The first-order chi connectivity index (χ1) is 16.0. The number of benzene rings is 1. The predicted molar refractivity (Wildman–Crippen MR) is 128 cm³/mol. The average Bonchev–Trinajstić information content (AvgIpc) is 3.13. The Balaban J connectivity index is 2.15. The second-order valence-corrected chi connectivity index (χ2v) is 10.8. The summed E-state index contributed by atoms with van der Waals surface area (Å²) in [5, 5.41) is 10.3. The van der Waals surface area contributed by atoms with Crippen LogP contribution in [-0.4, -0.2) is 53.6 Å². The number of ketones is 1. The molecule has 1 aromatic carbocycles. The number of carbonyl (C=O) groups excluding carboxylic acids is 4. The molecule has 2 unspecified atom stereocenters. The van der Waals surface area contributed by atoms with E-state index in [1.54, 1.807) is 20.8 Å². The number of halogens is 2. The highest BCUT2D eigenvalue weighted by Crippen LogP contribution is 2.61. The van der Waals surface area contributed by atoms with Crippen LogP contribution in [0.2, 0.25) is 5.02 Å². The van der Waals surface area contributed by atoms with Gasteiger partial charge in [-0.2, -0.15) is 0 Å². The van der Waals surface area contributed by atoms with Gasteiger partial charge >= 0.3 is 11.9 Å². The van der Waals surface area contributed by atoms with E-state index < -0.39 is 34.4 Å². The molecule has 4 rings (SSSR count). The third kappa shape index (κ3) is 2.97. The number of phenols is 1. The lowest BCUT2D eigenvalue weighted by atomic mass is 9.59. The van der Waals surface area contributed by atoms with Crippen molar-refractivity contribution >= 4 is 63.3 Å². The molecule has 0 aromatic heterocycles. The Hall–Kier alpha value is -2.30. The number of hydrogen-bond acceptors (Lipinski definition) is 9. The Kier molecular flexibility index (Phi) is 6.15. The summed E-state index contributed by atoms with van der Waals surface area (Å²) < 4.78 is 10.3. The molecule has 1 aromatic rings. The summed E-state index contributed by atoms with van der Waals surface area (Å²) in [5.74, 6) is -3.72. The highest BCUT2D eigenvalue weighted by molar-refractivity contribution is 9.10. The maximum absolute atomic E-state index is 14.2. The van der Waals surface area contributed by atoms with Crippen LogP contribution in [0.3, 0.4) is 0 Å². The van der Waals surface area contributed by atoms with E-state index in [1.807, 2.05) is 0 Å². The first-order valence-corrected chi connectivity index (χ1v) is 12.3. The van der Waals surface area contributed by atoms with Crippen LogP contribution in [0, 0.1) is 18.3 Å². The van der Waals surface area contributed by atoms with Crippen LogP contribution < -0.4 is 0 Å². The van der Waals surface area contributed by atoms with Crippen molar-refractivity contribution in [2.45, 2.75) is 32.6 Å². The number of aldehydes is 1. The molecule has 3 atom stereocenters. The van der Waals surface area contributed by atoms with E-state index in [0.29, 0.717) is 23.1 Å². The Bertz CT molecular complexity index is 1260. The summed E-state index contributed by atoms with van der Waals surface area (Å²) in [6.45, 7) is 5.20. The molecule has 0 bridgehead atoms. The van der Waals surface area contributed by atoms with Gasteiger partial charge in [-0.25, -0.2) is 9.59 Å². The van der Waals surface area contributed by atoms with Crippen molar-refractivity contribution in [2.24, 2.45) is 11.3 Å². The molecule has 0 saturated heterocycles. The molecule has 0 amide bonds. The summed E-state index contributed by atoms with van der Waals surface area (Å²) in [7, 11) is 2.34. The smallest absolute Gasteiger partial charge is 0.355 e. The van der Waals surface area contributed by atoms with Gasteiger partial charge in [-0.15, -0.1) is 11.8 Å². The Morgan fingerprint density at radius 3 is 2.41 bits per heavy atom. The molecule has 3 aliphatic rings. The number of nitrogens with zero attached hydrogens (tertiary/aromatic N) is 1. The summed E-state index contributed by atoms with van der Waals surface area (Å²) >= 11 is 11.1. The fourth-order valence-electron chi connectivity index (χ4n) is 5.06. The maximum atomic E-state index is 14.2. The Morgan fingerprint density at radius 1 is 1.24 bits per heavy atom. The number of phenolic OH excluding ortho intramolecular Hbond substituents is 1. The second-order valence-electron chi connectivity index (χ2n) is 8.32. The van der Waals surface area contributed by atoms with Crippen LogP contribution in [0.1, 0.15) is 35.3 Å². The number of methoxy groups -OCH3 is 2. The van der Waals surface area contributed by atoms with Crippen molar-refractivity contribution in [3.8, 4) is 5.75 Å². The molecule has 0 fully saturated rings. The summed E-state index contributed by atoms with van der Waals surface area (Å²) in [5.41, 5.74) is -0.691. The zero-order chi connectivity index (χ0) is 25.3. The zero-order valence-corrected chi connectivity index (χ0v) is 22.1. The fraction of sp³-hybridized carbons (Fsp3) is 0.391. The molecule has 0 spiro atoms. The first kappa shape index (κ1) is 24.8. The number of hydrogen-bond donors (Lipinski definition) is 1. The Labute approximate surface area is 213 Å². The van der Waals surface area contributed by atoms with Crippen molar-refractivity contribution in [3.05, 3.63) is 48.1 Å². The number of fused-ring (bicyclic) bond motifs is 4. The molecule has 34 heavy (non-hydrogen) atoms. The number of rotatable bonds is 3. The van der Waals surface area contributed by atoms with Crippen molar-refractivity contribution in [3.63, 3.8) is 0 Å². The number of aromatic hydroxyl groups is 1. The number of allylic oxidation sites excluding steroid dienone is 2.